The summed E-state index contributed by atoms with van der Waals surface area (Å²) in [6, 6.07) is -0.668. The fourth-order valence-corrected chi connectivity index (χ4v) is 1.86. The number of nitrogens with zero attached hydrogens (tertiary/aromatic N) is 1. The minimum absolute atomic E-state index is 0.245. The first-order valence-corrected chi connectivity index (χ1v) is 5.23. The number of aliphatic carboxylic acids is 1. The zero-order valence-corrected chi connectivity index (χ0v) is 9.18. The molecular formula is C10H19NO4. The zero-order valence-electron chi connectivity index (χ0n) is 9.18. The highest BCUT2D eigenvalue weighted by molar-refractivity contribution is 5.74. The van der Waals surface area contributed by atoms with Crippen molar-refractivity contribution in [2.75, 3.05) is 13.1 Å². The van der Waals surface area contributed by atoms with Crippen LogP contribution in [0.4, 0.5) is 0 Å². The minimum atomic E-state index is -0.932. The van der Waals surface area contributed by atoms with E-state index < -0.39 is 23.7 Å². The van der Waals surface area contributed by atoms with Crippen molar-refractivity contribution in [2.24, 2.45) is 0 Å². The van der Waals surface area contributed by atoms with E-state index in [1.807, 2.05) is 6.92 Å². The molecule has 1 heterocycles. The van der Waals surface area contributed by atoms with Crippen LogP contribution in [0.1, 0.15) is 26.7 Å². The summed E-state index contributed by atoms with van der Waals surface area (Å²) in [4.78, 5) is 12.5. The Kier molecular flexibility index (Phi) is 3.70. The second kappa shape index (κ2) is 4.47. The van der Waals surface area contributed by atoms with Gasteiger partial charge in [-0.1, -0.05) is 6.92 Å². The van der Waals surface area contributed by atoms with Crippen molar-refractivity contribution in [1.29, 1.82) is 0 Å². The van der Waals surface area contributed by atoms with E-state index in [0.717, 1.165) is 0 Å². The fourth-order valence-electron chi connectivity index (χ4n) is 1.86. The van der Waals surface area contributed by atoms with Crippen LogP contribution >= 0.6 is 0 Å². The molecule has 15 heavy (non-hydrogen) atoms. The van der Waals surface area contributed by atoms with Gasteiger partial charge >= 0.3 is 5.97 Å². The number of aliphatic hydroxyl groups is 2. The molecule has 0 aromatic rings. The van der Waals surface area contributed by atoms with Crippen molar-refractivity contribution in [3.63, 3.8) is 0 Å². The predicted molar refractivity (Wildman–Crippen MR) is 54.5 cm³/mol. The van der Waals surface area contributed by atoms with Crippen LogP contribution in [0.5, 0.6) is 0 Å². The van der Waals surface area contributed by atoms with E-state index in [4.69, 9.17) is 5.11 Å². The third-order valence-corrected chi connectivity index (χ3v) is 2.97. The molecule has 1 rings (SSSR count). The van der Waals surface area contributed by atoms with Gasteiger partial charge in [0, 0.05) is 19.5 Å². The average Bonchev–Trinajstić information content (AvgIpc) is 2.46. The molecule has 0 bridgehead atoms. The average molecular weight is 217 g/mol. The molecule has 3 atom stereocenters. The van der Waals surface area contributed by atoms with Crippen LogP contribution in [0.2, 0.25) is 0 Å². The first-order valence-electron chi connectivity index (χ1n) is 5.23. The Morgan fingerprint density at radius 2 is 2.20 bits per heavy atom. The second-order valence-corrected chi connectivity index (χ2v) is 4.52. The molecule has 0 radical (unpaired) electrons. The molecule has 0 aromatic carbocycles. The maximum atomic E-state index is 10.9. The molecule has 1 aliphatic rings. The van der Waals surface area contributed by atoms with Gasteiger partial charge in [0.2, 0.25) is 0 Å². The number of rotatable bonds is 4. The standard InChI is InChI=1S/C10H19NO4/c1-3-10(2,15)6-11-5-7(12)4-8(11)9(13)14/h7-8,12,15H,3-6H2,1-2H3,(H,13,14). The van der Waals surface area contributed by atoms with E-state index in [2.05, 4.69) is 0 Å². The quantitative estimate of drug-likeness (QED) is 0.600. The van der Waals surface area contributed by atoms with Gasteiger partial charge in [0.25, 0.3) is 0 Å². The van der Waals surface area contributed by atoms with Crippen molar-refractivity contribution in [1.82, 2.24) is 4.90 Å². The molecule has 5 heteroatoms. The lowest BCUT2D eigenvalue weighted by Crippen LogP contribution is -2.45. The molecule has 5 nitrogen and oxygen atoms in total. The van der Waals surface area contributed by atoms with Gasteiger partial charge in [-0.2, -0.15) is 0 Å². The molecule has 0 spiro atoms. The predicted octanol–water partition coefficient (Wildman–Crippen LogP) is -0.333. The molecule has 88 valence electrons. The summed E-state index contributed by atoms with van der Waals surface area (Å²) in [6.07, 6.45) is 0.208. The Morgan fingerprint density at radius 1 is 1.60 bits per heavy atom. The van der Waals surface area contributed by atoms with Gasteiger partial charge in [0.1, 0.15) is 6.04 Å². The van der Waals surface area contributed by atoms with Crippen LogP contribution in [0.25, 0.3) is 0 Å². The summed E-state index contributed by atoms with van der Waals surface area (Å²) >= 11 is 0. The molecule has 1 fully saturated rings. The van der Waals surface area contributed by atoms with Crippen molar-refractivity contribution < 1.29 is 20.1 Å². The maximum Gasteiger partial charge on any atom is 0.321 e. The van der Waals surface area contributed by atoms with Gasteiger partial charge in [-0.25, -0.2) is 0 Å². The monoisotopic (exact) mass is 217 g/mol. The SMILES string of the molecule is CCC(C)(O)CN1CC(O)CC1C(=O)O. The summed E-state index contributed by atoms with van der Waals surface area (Å²) in [5.41, 5.74) is -0.891. The van der Waals surface area contributed by atoms with Crippen molar-refractivity contribution in [2.45, 2.75) is 44.4 Å². The van der Waals surface area contributed by atoms with Gasteiger partial charge in [-0.05, 0) is 13.3 Å². The first-order chi connectivity index (χ1) is 6.85. The lowest BCUT2D eigenvalue weighted by molar-refractivity contribution is -0.143. The zero-order chi connectivity index (χ0) is 11.6. The highest BCUT2D eigenvalue weighted by Crippen LogP contribution is 2.22. The molecule has 3 unspecified atom stereocenters. The molecule has 0 aliphatic carbocycles. The summed E-state index contributed by atoms with van der Waals surface area (Å²) in [5.74, 6) is -0.932. The molecule has 1 aliphatic heterocycles. The molecular weight excluding hydrogens is 198 g/mol. The molecule has 1 saturated heterocycles. The number of carboxylic acids is 1. The molecule has 0 saturated carbocycles. The lowest BCUT2D eigenvalue weighted by Gasteiger charge is -2.30. The van der Waals surface area contributed by atoms with Crippen LogP contribution in [0, 0.1) is 0 Å². The van der Waals surface area contributed by atoms with E-state index in [1.54, 1.807) is 11.8 Å². The van der Waals surface area contributed by atoms with Crippen LogP contribution < -0.4 is 0 Å². The summed E-state index contributed by atoms with van der Waals surface area (Å²) in [5, 5.41) is 28.2. The topological polar surface area (TPSA) is 81.0 Å². The molecule has 3 N–H and O–H groups in total. The van der Waals surface area contributed by atoms with Crippen LogP contribution in [-0.4, -0.2) is 57.0 Å². The largest absolute Gasteiger partial charge is 0.480 e. The Labute approximate surface area is 89.3 Å². The number of carboxylic acid groups (broad SMARTS) is 1. The number of likely N-dealkylation sites (tertiary alicyclic amines) is 1. The minimum Gasteiger partial charge on any atom is -0.480 e. The fraction of sp³-hybridized carbons (Fsp3) is 0.900. The van der Waals surface area contributed by atoms with Gasteiger partial charge in [0.15, 0.2) is 0 Å². The van der Waals surface area contributed by atoms with Gasteiger partial charge in [-0.3, -0.25) is 9.69 Å². The molecule has 0 amide bonds. The number of hydrogen-bond donors (Lipinski definition) is 3. The lowest BCUT2D eigenvalue weighted by atomic mass is 10.0. The van der Waals surface area contributed by atoms with E-state index in [9.17, 15) is 15.0 Å². The van der Waals surface area contributed by atoms with Crippen molar-refractivity contribution >= 4 is 5.97 Å². The van der Waals surface area contributed by atoms with Gasteiger partial charge < -0.3 is 15.3 Å². The smallest absolute Gasteiger partial charge is 0.321 e. The van der Waals surface area contributed by atoms with Crippen molar-refractivity contribution in [3.05, 3.63) is 0 Å². The van der Waals surface area contributed by atoms with Crippen LogP contribution in [0.15, 0.2) is 0 Å². The number of β-amino-alcohol motifs (C(OH)–C–C–N with tert-alkyl or cyclic N) is 2. The van der Waals surface area contributed by atoms with Crippen molar-refractivity contribution in [3.8, 4) is 0 Å². The van der Waals surface area contributed by atoms with E-state index in [0.29, 0.717) is 13.0 Å². The second-order valence-electron chi connectivity index (χ2n) is 4.52. The highest BCUT2D eigenvalue weighted by atomic mass is 16.4. The van der Waals surface area contributed by atoms with E-state index in [1.165, 1.54) is 0 Å². The summed E-state index contributed by atoms with van der Waals surface area (Å²) < 4.78 is 0. The highest BCUT2D eigenvalue weighted by Gasteiger charge is 2.38. The normalized spacial score (nSPS) is 31.5. The van der Waals surface area contributed by atoms with Gasteiger partial charge in [0.05, 0.1) is 11.7 Å². The third-order valence-electron chi connectivity index (χ3n) is 2.97. The van der Waals surface area contributed by atoms with Crippen LogP contribution in [0.3, 0.4) is 0 Å². The number of aliphatic hydroxyl groups excluding tert-OH is 1. The van der Waals surface area contributed by atoms with E-state index >= 15 is 0 Å². The summed E-state index contributed by atoms with van der Waals surface area (Å²) in [6.45, 7) is 4.14. The first kappa shape index (κ1) is 12.4. The van der Waals surface area contributed by atoms with Crippen LogP contribution in [-0.2, 0) is 4.79 Å². The van der Waals surface area contributed by atoms with Gasteiger partial charge in [-0.15, -0.1) is 0 Å². The number of hydrogen-bond acceptors (Lipinski definition) is 4. The maximum absolute atomic E-state index is 10.9. The Morgan fingerprint density at radius 3 is 2.67 bits per heavy atom. The third kappa shape index (κ3) is 3.15. The summed E-state index contributed by atoms with van der Waals surface area (Å²) in [7, 11) is 0. The Bertz CT molecular complexity index is 242. The number of carbonyl (C=O) groups is 1. The molecule has 0 aromatic heterocycles. The van der Waals surface area contributed by atoms with E-state index in [-0.39, 0.29) is 13.0 Å². The Balaban J connectivity index is 2.64. The Hall–Kier alpha value is -0.650.